The molecule has 0 fully saturated rings. The summed E-state index contributed by atoms with van der Waals surface area (Å²) in [5.41, 5.74) is 6.07. The Kier molecular flexibility index (Phi) is 5.77. The van der Waals surface area contributed by atoms with E-state index in [9.17, 15) is 4.79 Å². The lowest BCUT2D eigenvalue weighted by atomic mass is 10.1. The number of carbonyl (C=O) groups is 1. The van der Waals surface area contributed by atoms with Gasteiger partial charge in [0, 0.05) is 23.5 Å². The lowest BCUT2D eigenvalue weighted by molar-refractivity contribution is -0.116. The topological polar surface area (TPSA) is 54.9 Å². The summed E-state index contributed by atoms with van der Waals surface area (Å²) in [4.78, 5) is 21.2. The van der Waals surface area contributed by atoms with E-state index in [1.807, 2.05) is 52.1 Å². The standard InChI is InChI=1S/C18H23N3OS/c1-11-7-6-8-12(2)17(11)21-16(22)10-9-15-13(3)19-18(23-5)20-14(15)4/h6-8H,9-10H2,1-5H3,(H,21,22). The van der Waals surface area contributed by atoms with Gasteiger partial charge in [0.25, 0.3) is 0 Å². The van der Waals surface area contributed by atoms with Crippen molar-refractivity contribution in [2.24, 2.45) is 0 Å². The molecule has 4 nitrogen and oxygen atoms in total. The third-order valence-corrected chi connectivity index (χ3v) is 4.48. The van der Waals surface area contributed by atoms with E-state index in [2.05, 4.69) is 15.3 Å². The van der Waals surface area contributed by atoms with E-state index < -0.39 is 0 Å². The number of para-hydroxylation sites is 1. The Morgan fingerprint density at radius 3 is 2.17 bits per heavy atom. The van der Waals surface area contributed by atoms with Crippen LogP contribution in [-0.2, 0) is 11.2 Å². The number of nitrogens with one attached hydrogen (secondary N) is 1. The molecule has 1 aromatic carbocycles. The second-order valence-corrected chi connectivity index (χ2v) is 6.45. The van der Waals surface area contributed by atoms with Gasteiger partial charge in [-0.1, -0.05) is 30.0 Å². The van der Waals surface area contributed by atoms with Crippen LogP contribution in [0.1, 0.15) is 34.5 Å². The first-order chi connectivity index (χ1) is 10.9. The first-order valence-electron chi connectivity index (χ1n) is 7.66. The molecule has 122 valence electrons. The van der Waals surface area contributed by atoms with Crippen LogP contribution in [0.4, 0.5) is 5.69 Å². The van der Waals surface area contributed by atoms with Crippen LogP contribution >= 0.6 is 11.8 Å². The maximum absolute atomic E-state index is 12.3. The molecule has 2 rings (SSSR count). The van der Waals surface area contributed by atoms with Crippen molar-refractivity contribution >= 4 is 23.4 Å². The molecule has 0 saturated heterocycles. The van der Waals surface area contributed by atoms with Crippen molar-refractivity contribution in [3.8, 4) is 0 Å². The predicted octanol–water partition coefficient (Wildman–Crippen LogP) is 4.00. The molecule has 23 heavy (non-hydrogen) atoms. The first kappa shape index (κ1) is 17.5. The van der Waals surface area contributed by atoms with Gasteiger partial charge in [-0.2, -0.15) is 0 Å². The Morgan fingerprint density at radius 2 is 1.65 bits per heavy atom. The quantitative estimate of drug-likeness (QED) is 0.665. The summed E-state index contributed by atoms with van der Waals surface area (Å²) in [6.45, 7) is 7.97. The van der Waals surface area contributed by atoms with Gasteiger partial charge in [0.1, 0.15) is 0 Å². The largest absolute Gasteiger partial charge is 0.326 e. The van der Waals surface area contributed by atoms with Crippen LogP contribution < -0.4 is 5.32 Å². The molecule has 0 spiro atoms. The molecule has 1 heterocycles. The summed E-state index contributed by atoms with van der Waals surface area (Å²) < 4.78 is 0. The Labute approximate surface area is 142 Å². The maximum Gasteiger partial charge on any atom is 0.224 e. The van der Waals surface area contributed by atoms with Crippen LogP contribution in [-0.4, -0.2) is 22.1 Å². The number of nitrogens with zero attached hydrogens (tertiary/aromatic N) is 2. The number of benzene rings is 1. The summed E-state index contributed by atoms with van der Waals surface area (Å²) in [6, 6.07) is 6.01. The number of anilines is 1. The first-order valence-corrected chi connectivity index (χ1v) is 8.89. The Hall–Kier alpha value is -1.88. The van der Waals surface area contributed by atoms with Crippen LogP contribution in [0, 0.1) is 27.7 Å². The molecule has 1 N–H and O–H groups in total. The monoisotopic (exact) mass is 329 g/mol. The van der Waals surface area contributed by atoms with Crippen LogP contribution in [0.5, 0.6) is 0 Å². The highest BCUT2D eigenvalue weighted by Gasteiger charge is 2.12. The fraction of sp³-hybridized carbons (Fsp3) is 0.389. The van der Waals surface area contributed by atoms with Gasteiger partial charge >= 0.3 is 0 Å². The number of carbonyl (C=O) groups excluding carboxylic acids is 1. The molecule has 0 aliphatic rings. The van der Waals surface area contributed by atoms with Gasteiger partial charge in [0.15, 0.2) is 5.16 Å². The van der Waals surface area contributed by atoms with E-state index in [0.29, 0.717) is 12.8 Å². The Bertz CT molecular complexity index is 685. The molecule has 1 amide bonds. The molecule has 5 heteroatoms. The fourth-order valence-electron chi connectivity index (χ4n) is 2.61. The van der Waals surface area contributed by atoms with Gasteiger partial charge in [0.05, 0.1) is 0 Å². The number of aromatic nitrogens is 2. The molecule has 1 aromatic heterocycles. The Morgan fingerprint density at radius 1 is 1.09 bits per heavy atom. The molecule has 0 radical (unpaired) electrons. The van der Waals surface area contributed by atoms with E-state index in [1.54, 1.807) is 0 Å². The molecule has 0 bridgehead atoms. The summed E-state index contributed by atoms with van der Waals surface area (Å²) in [6.07, 6.45) is 3.05. The lowest BCUT2D eigenvalue weighted by Gasteiger charge is -2.13. The number of amides is 1. The second kappa shape index (κ2) is 7.59. The highest BCUT2D eigenvalue weighted by molar-refractivity contribution is 7.98. The average Bonchev–Trinajstić information content (AvgIpc) is 2.50. The van der Waals surface area contributed by atoms with E-state index in [4.69, 9.17) is 0 Å². The van der Waals surface area contributed by atoms with Crippen molar-refractivity contribution < 1.29 is 4.79 Å². The van der Waals surface area contributed by atoms with E-state index in [1.165, 1.54) is 11.8 Å². The summed E-state index contributed by atoms with van der Waals surface area (Å²) >= 11 is 1.53. The zero-order valence-electron chi connectivity index (χ0n) is 14.4. The van der Waals surface area contributed by atoms with Gasteiger partial charge in [-0.15, -0.1) is 0 Å². The highest BCUT2D eigenvalue weighted by Crippen LogP contribution is 2.21. The highest BCUT2D eigenvalue weighted by atomic mass is 32.2. The summed E-state index contributed by atoms with van der Waals surface area (Å²) in [5, 5.41) is 3.81. The molecule has 0 saturated carbocycles. The molecular weight excluding hydrogens is 306 g/mol. The molecule has 2 aromatic rings. The number of rotatable bonds is 5. The van der Waals surface area contributed by atoms with Crippen LogP contribution in [0.15, 0.2) is 23.4 Å². The zero-order valence-corrected chi connectivity index (χ0v) is 15.2. The third kappa shape index (κ3) is 4.32. The van der Waals surface area contributed by atoms with Crippen LogP contribution in [0.25, 0.3) is 0 Å². The lowest BCUT2D eigenvalue weighted by Crippen LogP contribution is -2.15. The van der Waals surface area contributed by atoms with Crippen molar-refractivity contribution in [1.82, 2.24) is 9.97 Å². The molecule has 0 aliphatic heterocycles. The zero-order chi connectivity index (χ0) is 17.0. The average molecular weight is 329 g/mol. The minimum Gasteiger partial charge on any atom is -0.326 e. The number of aryl methyl sites for hydroxylation is 4. The minimum absolute atomic E-state index is 0.0233. The molecule has 0 aliphatic carbocycles. The fourth-order valence-corrected chi connectivity index (χ4v) is 3.07. The smallest absolute Gasteiger partial charge is 0.224 e. The van der Waals surface area contributed by atoms with Gasteiger partial charge in [0.2, 0.25) is 5.91 Å². The van der Waals surface area contributed by atoms with E-state index in [0.717, 1.165) is 38.9 Å². The van der Waals surface area contributed by atoms with E-state index >= 15 is 0 Å². The SMILES string of the molecule is CSc1nc(C)c(CCC(=O)Nc2c(C)cccc2C)c(C)n1. The number of thioether (sulfide) groups is 1. The predicted molar refractivity (Wildman–Crippen MR) is 96.2 cm³/mol. The molecule has 0 unspecified atom stereocenters. The van der Waals surface area contributed by atoms with Gasteiger partial charge in [-0.25, -0.2) is 9.97 Å². The molecular formula is C18H23N3OS. The maximum atomic E-state index is 12.3. The minimum atomic E-state index is 0.0233. The van der Waals surface area contributed by atoms with Gasteiger partial charge < -0.3 is 5.32 Å². The normalized spacial score (nSPS) is 10.7. The number of hydrogen-bond acceptors (Lipinski definition) is 4. The second-order valence-electron chi connectivity index (χ2n) is 5.67. The van der Waals surface area contributed by atoms with Gasteiger partial charge in [-0.3, -0.25) is 4.79 Å². The van der Waals surface area contributed by atoms with Crippen molar-refractivity contribution in [1.29, 1.82) is 0 Å². The van der Waals surface area contributed by atoms with Crippen LogP contribution in [0.3, 0.4) is 0 Å². The van der Waals surface area contributed by atoms with Crippen molar-refractivity contribution in [2.75, 3.05) is 11.6 Å². The van der Waals surface area contributed by atoms with Crippen molar-refractivity contribution in [3.05, 3.63) is 46.3 Å². The van der Waals surface area contributed by atoms with Crippen molar-refractivity contribution in [3.63, 3.8) is 0 Å². The summed E-state index contributed by atoms with van der Waals surface area (Å²) in [5.74, 6) is 0.0233. The molecule has 0 atom stereocenters. The number of hydrogen-bond donors (Lipinski definition) is 1. The Balaban J connectivity index is 2.05. The van der Waals surface area contributed by atoms with E-state index in [-0.39, 0.29) is 5.91 Å². The third-order valence-electron chi connectivity index (χ3n) is 3.93. The van der Waals surface area contributed by atoms with Crippen LogP contribution in [0.2, 0.25) is 0 Å². The van der Waals surface area contributed by atoms with Crippen molar-refractivity contribution in [2.45, 2.75) is 45.7 Å². The summed E-state index contributed by atoms with van der Waals surface area (Å²) in [7, 11) is 0. The van der Waals surface area contributed by atoms with Gasteiger partial charge in [-0.05, 0) is 57.1 Å².